The van der Waals surface area contributed by atoms with Crippen LogP contribution in [0.5, 0.6) is 0 Å². The Morgan fingerprint density at radius 3 is 1.92 bits per heavy atom. The van der Waals surface area contributed by atoms with Crippen LogP contribution in [0.2, 0.25) is 0 Å². The molecule has 0 saturated carbocycles. The molecule has 0 aliphatic rings. The van der Waals surface area contributed by atoms with E-state index in [2.05, 4.69) is 53.8 Å². The Balaban J connectivity index is 0.00000208. The van der Waals surface area contributed by atoms with Gasteiger partial charge < -0.3 is 5.32 Å². The third-order valence-corrected chi connectivity index (χ3v) is 3.89. The summed E-state index contributed by atoms with van der Waals surface area (Å²) in [7, 11) is 0. The minimum absolute atomic E-state index is 0. The van der Waals surface area contributed by atoms with Crippen LogP contribution in [0.25, 0.3) is 11.1 Å². The van der Waals surface area contributed by atoms with Crippen molar-refractivity contribution >= 4 is 12.4 Å². The van der Waals surface area contributed by atoms with Crippen molar-refractivity contribution in [3.63, 3.8) is 0 Å². The van der Waals surface area contributed by atoms with Crippen LogP contribution in [-0.2, 0) is 13.0 Å². The lowest BCUT2D eigenvalue weighted by molar-refractivity contribution is 0.626. The monoisotopic (exact) mass is 341 g/mol. The van der Waals surface area contributed by atoms with Crippen LogP contribution in [0.4, 0.5) is 4.39 Å². The maximum atomic E-state index is 12.8. The molecule has 3 aromatic carbocycles. The summed E-state index contributed by atoms with van der Waals surface area (Å²) >= 11 is 0. The van der Waals surface area contributed by atoms with Crippen LogP contribution in [-0.4, -0.2) is 6.54 Å². The zero-order chi connectivity index (χ0) is 15.9. The van der Waals surface area contributed by atoms with Crippen molar-refractivity contribution in [3.8, 4) is 11.1 Å². The molecule has 1 nitrogen and oxygen atoms in total. The van der Waals surface area contributed by atoms with Crippen molar-refractivity contribution in [2.24, 2.45) is 0 Å². The number of nitrogens with one attached hydrogen (secondary N) is 1. The van der Waals surface area contributed by atoms with Crippen LogP contribution in [0, 0.1) is 5.82 Å². The molecule has 0 heterocycles. The van der Waals surface area contributed by atoms with Crippen LogP contribution < -0.4 is 5.32 Å². The fraction of sp³-hybridized carbons (Fsp3) is 0.143. The van der Waals surface area contributed by atoms with E-state index in [0.29, 0.717) is 0 Å². The van der Waals surface area contributed by atoms with Gasteiger partial charge in [0.05, 0.1) is 0 Å². The molecule has 3 rings (SSSR count). The van der Waals surface area contributed by atoms with E-state index in [1.54, 1.807) is 0 Å². The van der Waals surface area contributed by atoms with Crippen molar-refractivity contribution < 1.29 is 4.39 Å². The molecule has 0 radical (unpaired) electrons. The van der Waals surface area contributed by atoms with Gasteiger partial charge in [-0.3, -0.25) is 0 Å². The van der Waals surface area contributed by atoms with E-state index in [1.807, 2.05) is 18.2 Å². The van der Waals surface area contributed by atoms with Gasteiger partial charge in [0.1, 0.15) is 5.82 Å². The molecule has 0 fully saturated rings. The van der Waals surface area contributed by atoms with E-state index in [1.165, 1.54) is 28.8 Å². The molecule has 3 heteroatoms. The highest BCUT2D eigenvalue weighted by atomic mass is 35.5. The van der Waals surface area contributed by atoms with Crippen molar-refractivity contribution in [3.05, 3.63) is 95.8 Å². The highest BCUT2D eigenvalue weighted by molar-refractivity contribution is 5.85. The second-order valence-electron chi connectivity index (χ2n) is 5.62. The lowest BCUT2D eigenvalue weighted by Crippen LogP contribution is -2.16. The lowest BCUT2D eigenvalue weighted by atomic mass is 10.0. The molecular weight excluding hydrogens is 321 g/mol. The van der Waals surface area contributed by atoms with Crippen molar-refractivity contribution in [2.45, 2.75) is 13.0 Å². The summed E-state index contributed by atoms with van der Waals surface area (Å²) < 4.78 is 12.8. The summed E-state index contributed by atoms with van der Waals surface area (Å²) in [5, 5.41) is 3.43. The van der Waals surface area contributed by atoms with Gasteiger partial charge in [-0.1, -0.05) is 66.7 Å². The topological polar surface area (TPSA) is 12.0 Å². The highest BCUT2D eigenvalue weighted by Gasteiger charge is 1.98. The van der Waals surface area contributed by atoms with Gasteiger partial charge in [0.2, 0.25) is 0 Å². The molecule has 0 bridgehead atoms. The number of halogens is 2. The molecule has 0 aliphatic carbocycles. The van der Waals surface area contributed by atoms with Gasteiger partial charge in [0.25, 0.3) is 0 Å². The lowest BCUT2D eigenvalue weighted by Gasteiger charge is -2.07. The van der Waals surface area contributed by atoms with Crippen molar-refractivity contribution in [2.75, 3.05) is 6.54 Å². The summed E-state index contributed by atoms with van der Waals surface area (Å²) in [4.78, 5) is 0. The van der Waals surface area contributed by atoms with Gasteiger partial charge in [0, 0.05) is 6.54 Å². The second-order valence-corrected chi connectivity index (χ2v) is 5.62. The molecule has 0 aromatic heterocycles. The fourth-order valence-corrected chi connectivity index (χ4v) is 2.56. The van der Waals surface area contributed by atoms with Crippen LogP contribution in [0.15, 0.2) is 78.9 Å². The first kappa shape index (κ1) is 18.2. The summed E-state index contributed by atoms with van der Waals surface area (Å²) in [5.41, 5.74) is 4.89. The Hall–Kier alpha value is -2.16. The van der Waals surface area contributed by atoms with E-state index in [0.717, 1.165) is 25.1 Å². The zero-order valence-electron chi connectivity index (χ0n) is 13.4. The highest BCUT2D eigenvalue weighted by Crippen LogP contribution is 2.19. The van der Waals surface area contributed by atoms with E-state index in [-0.39, 0.29) is 18.2 Å². The average Bonchev–Trinajstić information content (AvgIpc) is 2.62. The Morgan fingerprint density at radius 1 is 0.667 bits per heavy atom. The molecule has 0 spiro atoms. The van der Waals surface area contributed by atoms with E-state index < -0.39 is 0 Å². The molecule has 3 aromatic rings. The smallest absolute Gasteiger partial charge is 0.123 e. The first-order valence-corrected chi connectivity index (χ1v) is 7.91. The summed E-state index contributed by atoms with van der Waals surface area (Å²) in [6.45, 7) is 1.72. The Bertz CT molecular complexity index is 724. The van der Waals surface area contributed by atoms with Crippen LogP contribution in [0.1, 0.15) is 11.1 Å². The average molecular weight is 342 g/mol. The minimum atomic E-state index is -0.180. The molecule has 24 heavy (non-hydrogen) atoms. The predicted molar refractivity (Wildman–Crippen MR) is 101 cm³/mol. The molecule has 1 N–H and O–H groups in total. The summed E-state index contributed by atoms with van der Waals surface area (Å²) in [6, 6.07) is 25.7. The second kappa shape index (κ2) is 9.21. The van der Waals surface area contributed by atoms with Crippen LogP contribution >= 0.6 is 12.4 Å². The molecule has 0 saturated heterocycles. The Morgan fingerprint density at radius 2 is 1.25 bits per heavy atom. The van der Waals surface area contributed by atoms with Gasteiger partial charge in [-0.2, -0.15) is 0 Å². The molecule has 124 valence electrons. The Kier molecular flexibility index (Phi) is 6.98. The van der Waals surface area contributed by atoms with Gasteiger partial charge in [-0.15, -0.1) is 12.4 Å². The summed E-state index contributed by atoms with van der Waals surface area (Å²) in [6.07, 6.45) is 0.905. The van der Waals surface area contributed by atoms with E-state index in [4.69, 9.17) is 0 Å². The first-order valence-electron chi connectivity index (χ1n) is 7.91. The van der Waals surface area contributed by atoms with E-state index >= 15 is 0 Å². The summed E-state index contributed by atoms with van der Waals surface area (Å²) in [5.74, 6) is -0.180. The standard InChI is InChI=1S/C21H20FN.ClH/c22-21-12-8-17(9-13-21)14-15-23-16-18-6-10-20(11-7-18)19-4-2-1-3-5-19;/h1-13,23H,14-16H2;1H. The molecule has 0 unspecified atom stereocenters. The number of hydrogen-bond acceptors (Lipinski definition) is 1. The third kappa shape index (κ3) is 5.19. The fourth-order valence-electron chi connectivity index (χ4n) is 2.56. The SMILES string of the molecule is Cl.Fc1ccc(CCNCc2ccc(-c3ccccc3)cc2)cc1. The zero-order valence-corrected chi connectivity index (χ0v) is 14.2. The predicted octanol–water partition coefficient (Wildman–Crippen LogP) is 5.25. The number of benzene rings is 3. The maximum Gasteiger partial charge on any atom is 0.123 e. The normalized spacial score (nSPS) is 10.2. The molecule has 0 amide bonds. The Labute approximate surface area is 149 Å². The molecule has 0 aliphatic heterocycles. The first-order chi connectivity index (χ1) is 11.3. The van der Waals surface area contributed by atoms with E-state index in [9.17, 15) is 4.39 Å². The van der Waals surface area contributed by atoms with Gasteiger partial charge >= 0.3 is 0 Å². The molecule has 0 atom stereocenters. The minimum Gasteiger partial charge on any atom is -0.312 e. The largest absolute Gasteiger partial charge is 0.312 e. The molecular formula is C21H21ClFN. The van der Waals surface area contributed by atoms with Crippen molar-refractivity contribution in [1.82, 2.24) is 5.32 Å². The van der Waals surface area contributed by atoms with Gasteiger partial charge in [0.15, 0.2) is 0 Å². The third-order valence-electron chi connectivity index (χ3n) is 3.89. The number of hydrogen-bond donors (Lipinski definition) is 1. The van der Waals surface area contributed by atoms with Crippen LogP contribution in [0.3, 0.4) is 0 Å². The maximum absolute atomic E-state index is 12.8. The van der Waals surface area contributed by atoms with Crippen molar-refractivity contribution in [1.29, 1.82) is 0 Å². The van der Waals surface area contributed by atoms with Gasteiger partial charge in [-0.25, -0.2) is 4.39 Å². The number of rotatable bonds is 6. The quantitative estimate of drug-likeness (QED) is 0.604. The van der Waals surface area contributed by atoms with Gasteiger partial charge in [-0.05, 0) is 47.4 Å².